The van der Waals surface area contributed by atoms with Crippen LogP contribution >= 0.6 is 0 Å². The van der Waals surface area contributed by atoms with Gasteiger partial charge >= 0.3 is 0 Å². The zero-order valence-electron chi connectivity index (χ0n) is 21.0. The average Bonchev–Trinajstić information content (AvgIpc) is 2.99. The van der Waals surface area contributed by atoms with Crippen LogP contribution in [-0.2, 0) is 19.3 Å². The topological polar surface area (TPSA) is 24.1 Å². The standard InChI is InChI=1S/C32H38N2/c1-5-24-19-26(18-17-25(24)16-15-23-11-7-6-8-12-23)31-30-22(2)20-32(3,4)21-29(30)33-27-13-9-10-14-28(27)34-31/h6-8,11-14,17-19,31,33-34H,2,5,9-10,15-16,20-21H2,1,3-4H3. The largest absolute Gasteiger partial charge is 0.373 e. The van der Waals surface area contributed by atoms with E-state index in [9.17, 15) is 0 Å². The molecule has 0 spiro atoms. The SMILES string of the molecule is C=C1CC(C)(C)CC2=C1C(c1ccc(CCc3ccccc3)c(CC)c1)NC1=CCCC=C1N2. The number of hydrogen-bond acceptors (Lipinski definition) is 2. The summed E-state index contributed by atoms with van der Waals surface area (Å²) in [5.41, 5.74) is 12.4. The Balaban J connectivity index is 1.51. The van der Waals surface area contributed by atoms with Crippen molar-refractivity contribution in [3.63, 3.8) is 0 Å². The number of rotatable bonds is 5. The smallest absolute Gasteiger partial charge is 0.0787 e. The summed E-state index contributed by atoms with van der Waals surface area (Å²) in [5.74, 6) is 0. The van der Waals surface area contributed by atoms with Gasteiger partial charge < -0.3 is 10.6 Å². The number of nitrogens with one attached hydrogen (secondary N) is 2. The van der Waals surface area contributed by atoms with Gasteiger partial charge in [0, 0.05) is 11.3 Å². The fraction of sp³-hybridized carbons (Fsp3) is 0.375. The van der Waals surface area contributed by atoms with Crippen LogP contribution in [0.3, 0.4) is 0 Å². The molecule has 0 saturated carbocycles. The van der Waals surface area contributed by atoms with Crippen LogP contribution in [0.1, 0.15) is 74.8 Å². The maximum atomic E-state index is 4.58. The molecule has 2 N–H and O–H groups in total. The van der Waals surface area contributed by atoms with E-state index in [4.69, 9.17) is 0 Å². The fourth-order valence-electron chi connectivity index (χ4n) is 5.91. The third-order valence-corrected chi connectivity index (χ3v) is 7.55. The average molecular weight is 451 g/mol. The minimum Gasteiger partial charge on any atom is -0.373 e. The summed E-state index contributed by atoms with van der Waals surface area (Å²) in [6.45, 7) is 11.6. The van der Waals surface area contributed by atoms with Crippen molar-refractivity contribution in [2.45, 2.75) is 71.8 Å². The summed E-state index contributed by atoms with van der Waals surface area (Å²) in [7, 11) is 0. The number of allylic oxidation sites excluding steroid dienone is 3. The van der Waals surface area contributed by atoms with E-state index < -0.39 is 0 Å². The molecule has 0 aromatic heterocycles. The zero-order valence-corrected chi connectivity index (χ0v) is 21.0. The Labute approximate surface area is 205 Å². The highest BCUT2D eigenvalue weighted by molar-refractivity contribution is 5.52. The molecule has 0 saturated heterocycles. The summed E-state index contributed by atoms with van der Waals surface area (Å²) in [6.07, 6.45) is 12.2. The first-order valence-corrected chi connectivity index (χ1v) is 12.9. The van der Waals surface area contributed by atoms with Crippen LogP contribution in [-0.4, -0.2) is 0 Å². The first-order valence-electron chi connectivity index (χ1n) is 12.9. The molecule has 0 bridgehead atoms. The van der Waals surface area contributed by atoms with E-state index >= 15 is 0 Å². The molecule has 1 atom stereocenters. The van der Waals surface area contributed by atoms with Crippen molar-refractivity contribution in [1.82, 2.24) is 10.6 Å². The maximum Gasteiger partial charge on any atom is 0.0787 e. The number of hydrogen-bond donors (Lipinski definition) is 2. The van der Waals surface area contributed by atoms with Crippen molar-refractivity contribution in [1.29, 1.82) is 0 Å². The Morgan fingerprint density at radius 3 is 2.44 bits per heavy atom. The van der Waals surface area contributed by atoms with Crippen LogP contribution in [0.4, 0.5) is 0 Å². The molecule has 34 heavy (non-hydrogen) atoms. The van der Waals surface area contributed by atoms with Gasteiger partial charge in [-0.15, -0.1) is 0 Å². The van der Waals surface area contributed by atoms with Crippen LogP contribution in [0.5, 0.6) is 0 Å². The van der Waals surface area contributed by atoms with Gasteiger partial charge in [0.15, 0.2) is 0 Å². The third-order valence-electron chi connectivity index (χ3n) is 7.55. The molecule has 2 nitrogen and oxygen atoms in total. The molecule has 0 fully saturated rings. The zero-order chi connectivity index (χ0) is 23.7. The molecule has 2 aromatic rings. The van der Waals surface area contributed by atoms with Gasteiger partial charge in [-0.3, -0.25) is 0 Å². The first kappa shape index (κ1) is 22.8. The molecule has 2 aromatic carbocycles. The number of aryl methyl sites for hydroxylation is 3. The lowest BCUT2D eigenvalue weighted by Crippen LogP contribution is -2.28. The Kier molecular flexibility index (Phi) is 6.25. The molecule has 2 aliphatic carbocycles. The lowest BCUT2D eigenvalue weighted by molar-refractivity contribution is 0.337. The summed E-state index contributed by atoms with van der Waals surface area (Å²) in [6, 6.07) is 18.1. The molecule has 176 valence electrons. The van der Waals surface area contributed by atoms with Gasteiger partial charge in [0.05, 0.1) is 17.4 Å². The lowest BCUT2D eigenvalue weighted by Gasteiger charge is -2.36. The van der Waals surface area contributed by atoms with Crippen molar-refractivity contribution in [2.75, 3.05) is 0 Å². The third kappa shape index (κ3) is 4.64. The van der Waals surface area contributed by atoms with E-state index in [2.05, 4.69) is 98.7 Å². The van der Waals surface area contributed by atoms with Crippen LogP contribution in [0.25, 0.3) is 0 Å². The quantitative estimate of drug-likeness (QED) is 0.494. The van der Waals surface area contributed by atoms with Gasteiger partial charge in [-0.2, -0.15) is 0 Å². The van der Waals surface area contributed by atoms with Crippen molar-refractivity contribution in [2.24, 2.45) is 5.41 Å². The Morgan fingerprint density at radius 2 is 1.68 bits per heavy atom. The second-order valence-electron chi connectivity index (χ2n) is 10.9. The molecule has 1 heterocycles. The van der Waals surface area contributed by atoms with E-state index in [1.807, 2.05) is 0 Å². The summed E-state index contributed by atoms with van der Waals surface area (Å²) in [5, 5.41) is 7.76. The molecule has 2 heteroatoms. The van der Waals surface area contributed by atoms with Gasteiger partial charge in [0.2, 0.25) is 0 Å². The fourth-order valence-corrected chi connectivity index (χ4v) is 5.91. The van der Waals surface area contributed by atoms with Crippen molar-refractivity contribution >= 4 is 0 Å². The Bertz CT molecular complexity index is 1180. The second kappa shape index (κ2) is 9.33. The predicted octanol–water partition coefficient (Wildman–Crippen LogP) is 7.46. The summed E-state index contributed by atoms with van der Waals surface area (Å²) < 4.78 is 0. The van der Waals surface area contributed by atoms with E-state index in [1.165, 1.54) is 50.5 Å². The van der Waals surface area contributed by atoms with E-state index in [1.54, 1.807) is 0 Å². The molecule has 1 aliphatic heterocycles. The second-order valence-corrected chi connectivity index (χ2v) is 10.9. The lowest BCUT2D eigenvalue weighted by atomic mass is 9.72. The normalized spacial score (nSPS) is 21.4. The van der Waals surface area contributed by atoms with E-state index in [-0.39, 0.29) is 11.5 Å². The van der Waals surface area contributed by atoms with Crippen LogP contribution < -0.4 is 10.6 Å². The van der Waals surface area contributed by atoms with Crippen molar-refractivity contribution in [3.05, 3.63) is 118 Å². The molecule has 0 amide bonds. The van der Waals surface area contributed by atoms with Gasteiger partial charge in [0.1, 0.15) is 0 Å². The first-order chi connectivity index (χ1) is 16.4. The molecule has 3 aliphatic rings. The van der Waals surface area contributed by atoms with E-state index in [0.29, 0.717) is 0 Å². The summed E-state index contributed by atoms with van der Waals surface area (Å²) >= 11 is 0. The Morgan fingerprint density at radius 1 is 0.912 bits per heavy atom. The number of benzene rings is 2. The molecular formula is C32H38N2. The number of fused-ring (bicyclic) bond motifs is 1. The van der Waals surface area contributed by atoms with Gasteiger partial charge in [-0.05, 0) is 78.2 Å². The monoisotopic (exact) mass is 450 g/mol. The minimum absolute atomic E-state index is 0.134. The highest BCUT2D eigenvalue weighted by Gasteiger charge is 2.36. The maximum absolute atomic E-state index is 4.58. The summed E-state index contributed by atoms with van der Waals surface area (Å²) in [4.78, 5) is 0. The minimum atomic E-state index is 0.134. The van der Waals surface area contributed by atoms with Crippen molar-refractivity contribution < 1.29 is 0 Å². The van der Waals surface area contributed by atoms with Crippen LogP contribution in [0.15, 0.2) is 95.5 Å². The van der Waals surface area contributed by atoms with Gasteiger partial charge in [-0.25, -0.2) is 0 Å². The highest BCUT2D eigenvalue weighted by Crippen LogP contribution is 2.46. The van der Waals surface area contributed by atoms with Crippen LogP contribution in [0.2, 0.25) is 0 Å². The van der Waals surface area contributed by atoms with Gasteiger partial charge in [-0.1, -0.05) is 88.0 Å². The van der Waals surface area contributed by atoms with Crippen molar-refractivity contribution in [3.8, 4) is 0 Å². The van der Waals surface area contributed by atoms with E-state index in [0.717, 1.165) is 44.9 Å². The van der Waals surface area contributed by atoms with Crippen LogP contribution in [0, 0.1) is 5.41 Å². The predicted molar refractivity (Wildman–Crippen MR) is 143 cm³/mol. The Hall–Kier alpha value is -3.00. The van der Waals surface area contributed by atoms with Gasteiger partial charge in [0.25, 0.3) is 0 Å². The molecule has 5 rings (SSSR count). The molecule has 0 radical (unpaired) electrons. The molecular weight excluding hydrogens is 412 g/mol. The molecule has 1 unspecified atom stereocenters. The highest BCUT2D eigenvalue weighted by atomic mass is 15.0.